The first-order chi connectivity index (χ1) is 9.31. The van der Waals surface area contributed by atoms with Crippen molar-refractivity contribution in [3.63, 3.8) is 0 Å². The van der Waals surface area contributed by atoms with E-state index in [4.69, 9.17) is 0 Å². The molecule has 0 amide bonds. The Morgan fingerprint density at radius 2 is 1.50 bits per heavy atom. The van der Waals surface area contributed by atoms with Gasteiger partial charge >= 0.3 is 0 Å². The van der Waals surface area contributed by atoms with Crippen LogP contribution in [0.4, 0.5) is 0 Å². The minimum absolute atomic E-state index is 0.118. The number of rotatable bonds is 9. The maximum Gasteiger partial charge on any atom is 0.228 e. The van der Waals surface area contributed by atoms with Crippen LogP contribution in [0.15, 0.2) is 0 Å². The van der Waals surface area contributed by atoms with Gasteiger partial charge in [0.25, 0.3) is 0 Å². The van der Waals surface area contributed by atoms with Crippen LogP contribution in [-0.4, -0.2) is 16.0 Å². The number of hydrogen-bond donors (Lipinski definition) is 2. The molecule has 0 radical (unpaired) electrons. The predicted octanol–water partition coefficient (Wildman–Crippen LogP) is 4.49. The smallest absolute Gasteiger partial charge is 0.228 e. The first-order valence-corrected chi connectivity index (χ1v) is 8.30. The summed E-state index contributed by atoms with van der Waals surface area (Å²) in [5.41, 5.74) is -0.118. The number of aliphatic hydroxyl groups is 2. The summed E-state index contributed by atoms with van der Waals surface area (Å²) in [4.78, 5) is 0. The Balaban J connectivity index is 4.86. The highest BCUT2D eigenvalue weighted by atomic mass is 16.5. The van der Waals surface area contributed by atoms with Gasteiger partial charge in [-0.1, -0.05) is 59.3 Å². The molecule has 2 heteroatoms. The highest BCUT2D eigenvalue weighted by Crippen LogP contribution is 2.35. The van der Waals surface area contributed by atoms with Gasteiger partial charge in [0, 0.05) is 11.8 Å². The SMILES string of the molecule is CCCCCC(C)C(C)(C#CC(O)(O)CCC)CCC. The van der Waals surface area contributed by atoms with Crippen molar-refractivity contribution in [1.29, 1.82) is 0 Å². The van der Waals surface area contributed by atoms with Gasteiger partial charge in [0.1, 0.15) is 0 Å². The first kappa shape index (κ1) is 19.5. The van der Waals surface area contributed by atoms with E-state index in [1.165, 1.54) is 19.3 Å². The normalized spacial score (nSPS) is 16.1. The fraction of sp³-hybridized carbons (Fsp3) is 0.889. The van der Waals surface area contributed by atoms with Crippen molar-refractivity contribution in [1.82, 2.24) is 0 Å². The zero-order chi connectivity index (χ0) is 15.6. The van der Waals surface area contributed by atoms with E-state index >= 15 is 0 Å². The lowest BCUT2D eigenvalue weighted by atomic mass is 9.73. The van der Waals surface area contributed by atoms with Crippen molar-refractivity contribution >= 4 is 0 Å². The Bertz CT molecular complexity index is 311. The van der Waals surface area contributed by atoms with Crippen molar-refractivity contribution in [3.8, 4) is 11.8 Å². The molecule has 0 aliphatic carbocycles. The molecule has 0 saturated carbocycles. The fourth-order valence-corrected chi connectivity index (χ4v) is 2.62. The molecule has 0 aliphatic heterocycles. The average Bonchev–Trinajstić information content (AvgIpc) is 2.37. The standard InChI is InChI=1S/C18H34O2/c1-6-9-10-11-16(4)17(5,12-7-2)14-15-18(19,20)13-8-3/h16,19-20H,6-13H2,1-5H3. The molecule has 0 aliphatic rings. The lowest BCUT2D eigenvalue weighted by Crippen LogP contribution is -2.28. The molecule has 0 saturated heterocycles. The minimum Gasteiger partial charge on any atom is -0.356 e. The Morgan fingerprint density at radius 1 is 0.900 bits per heavy atom. The lowest BCUT2D eigenvalue weighted by molar-refractivity contribution is -0.114. The predicted molar refractivity (Wildman–Crippen MR) is 86.2 cm³/mol. The van der Waals surface area contributed by atoms with Crippen LogP contribution in [0.3, 0.4) is 0 Å². The molecule has 20 heavy (non-hydrogen) atoms. The Labute approximate surface area is 126 Å². The van der Waals surface area contributed by atoms with Crippen LogP contribution in [0.2, 0.25) is 0 Å². The van der Waals surface area contributed by atoms with E-state index in [0.29, 0.717) is 12.3 Å². The molecular weight excluding hydrogens is 248 g/mol. The topological polar surface area (TPSA) is 40.5 Å². The summed E-state index contributed by atoms with van der Waals surface area (Å²) in [7, 11) is 0. The molecule has 2 N–H and O–H groups in total. The van der Waals surface area contributed by atoms with Gasteiger partial charge in [-0.3, -0.25) is 0 Å². The molecule has 0 spiro atoms. The fourth-order valence-electron chi connectivity index (χ4n) is 2.62. The van der Waals surface area contributed by atoms with Crippen LogP contribution in [0.5, 0.6) is 0 Å². The summed E-state index contributed by atoms with van der Waals surface area (Å²) in [6.07, 6.45) is 8.00. The molecule has 0 fully saturated rings. The Kier molecular flexibility index (Phi) is 9.18. The highest BCUT2D eigenvalue weighted by Gasteiger charge is 2.29. The Hall–Kier alpha value is -0.520. The van der Waals surface area contributed by atoms with Crippen LogP contribution < -0.4 is 0 Å². The van der Waals surface area contributed by atoms with Gasteiger partial charge in [-0.15, -0.1) is 0 Å². The van der Waals surface area contributed by atoms with Gasteiger partial charge in [-0.05, 0) is 38.0 Å². The summed E-state index contributed by atoms with van der Waals surface area (Å²) >= 11 is 0. The van der Waals surface area contributed by atoms with Crippen LogP contribution >= 0.6 is 0 Å². The van der Waals surface area contributed by atoms with Crippen LogP contribution in [-0.2, 0) is 0 Å². The van der Waals surface area contributed by atoms with E-state index in [1.807, 2.05) is 6.92 Å². The number of hydrogen-bond acceptors (Lipinski definition) is 2. The molecule has 2 unspecified atom stereocenters. The second-order valence-electron chi connectivity index (χ2n) is 6.38. The highest BCUT2D eigenvalue weighted by molar-refractivity contribution is 5.17. The van der Waals surface area contributed by atoms with Crippen molar-refractivity contribution in [3.05, 3.63) is 0 Å². The third-order valence-corrected chi connectivity index (χ3v) is 4.24. The lowest BCUT2D eigenvalue weighted by Gasteiger charge is -2.31. The van der Waals surface area contributed by atoms with E-state index < -0.39 is 5.79 Å². The summed E-state index contributed by atoms with van der Waals surface area (Å²) in [5.74, 6) is 4.58. The second kappa shape index (κ2) is 9.42. The van der Waals surface area contributed by atoms with Gasteiger partial charge in [-0.2, -0.15) is 0 Å². The van der Waals surface area contributed by atoms with Gasteiger partial charge in [0.2, 0.25) is 5.79 Å². The molecule has 0 bridgehead atoms. The Morgan fingerprint density at radius 3 is 2.00 bits per heavy atom. The maximum atomic E-state index is 9.82. The van der Waals surface area contributed by atoms with Gasteiger partial charge in [0.05, 0.1) is 0 Å². The quantitative estimate of drug-likeness (QED) is 0.371. The summed E-state index contributed by atoms with van der Waals surface area (Å²) in [6, 6.07) is 0. The van der Waals surface area contributed by atoms with Crippen molar-refractivity contribution in [2.75, 3.05) is 0 Å². The minimum atomic E-state index is -1.83. The van der Waals surface area contributed by atoms with Crippen LogP contribution in [0.1, 0.15) is 86.0 Å². The number of unbranched alkanes of at least 4 members (excludes halogenated alkanes) is 2. The van der Waals surface area contributed by atoms with E-state index in [0.717, 1.165) is 25.7 Å². The largest absolute Gasteiger partial charge is 0.356 e. The van der Waals surface area contributed by atoms with E-state index in [9.17, 15) is 10.2 Å². The van der Waals surface area contributed by atoms with Gasteiger partial charge in [0.15, 0.2) is 0 Å². The zero-order valence-corrected chi connectivity index (χ0v) is 14.1. The molecule has 0 aromatic heterocycles. The molecule has 2 nitrogen and oxygen atoms in total. The summed E-state index contributed by atoms with van der Waals surface area (Å²) in [5, 5.41) is 19.6. The second-order valence-corrected chi connectivity index (χ2v) is 6.38. The van der Waals surface area contributed by atoms with E-state index in [2.05, 4.69) is 39.5 Å². The molecule has 0 rings (SSSR count). The summed E-state index contributed by atoms with van der Waals surface area (Å²) in [6.45, 7) is 10.7. The third kappa shape index (κ3) is 7.31. The molecule has 118 valence electrons. The van der Waals surface area contributed by atoms with Crippen LogP contribution in [0.25, 0.3) is 0 Å². The molecule has 2 atom stereocenters. The van der Waals surface area contributed by atoms with Crippen LogP contribution in [0, 0.1) is 23.2 Å². The van der Waals surface area contributed by atoms with Gasteiger partial charge in [-0.25, -0.2) is 0 Å². The monoisotopic (exact) mass is 282 g/mol. The van der Waals surface area contributed by atoms with Crippen molar-refractivity contribution < 1.29 is 10.2 Å². The molecule has 0 aromatic rings. The maximum absolute atomic E-state index is 9.82. The molecular formula is C18H34O2. The zero-order valence-electron chi connectivity index (χ0n) is 14.1. The molecule has 0 heterocycles. The van der Waals surface area contributed by atoms with Crippen molar-refractivity contribution in [2.24, 2.45) is 11.3 Å². The third-order valence-electron chi connectivity index (χ3n) is 4.24. The van der Waals surface area contributed by atoms with Gasteiger partial charge < -0.3 is 10.2 Å². The summed E-state index contributed by atoms with van der Waals surface area (Å²) < 4.78 is 0. The average molecular weight is 282 g/mol. The molecule has 0 aromatic carbocycles. The van der Waals surface area contributed by atoms with E-state index in [-0.39, 0.29) is 5.41 Å². The van der Waals surface area contributed by atoms with E-state index in [1.54, 1.807) is 0 Å². The first-order valence-electron chi connectivity index (χ1n) is 8.30. The van der Waals surface area contributed by atoms with Crippen molar-refractivity contribution in [2.45, 2.75) is 91.8 Å².